The van der Waals surface area contributed by atoms with Crippen LogP contribution in [0.2, 0.25) is 0 Å². The SMILES string of the molecule is CCNc1nc(CC)nc(NCc2cc(C)on2)c1C. The van der Waals surface area contributed by atoms with Gasteiger partial charge in [-0.3, -0.25) is 0 Å². The second kappa shape index (κ2) is 6.36. The molecule has 6 heteroatoms. The van der Waals surface area contributed by atoms with Crippen molar-refractivity contribution in [1.29, 1.82) is 0 Å². The molecule has 0 unspecified atom stereocenters. The number of aromatic nitrogens is 3. The Morgan fingerprint density at radius 3 is 2.35 bits per heavy atom. The van der Waals surface area contributed by atoms with Gasteiger partial charge >= 0.3 is 0 Å². The zero-order valence-electron chi connectivity index (χ0n) is 12.4. The molecule has 0 bridgehead atoms. The fourth-order valence-electron chi connectivity index (χ4n) is 1.91. The Hall–Kier alpha value is -2.11. The van der Waals surface area contributed by atoms with Gasteiger partial charge in [-0.2, -0.15) is 0 Å². The molecule has 20 heavy (non-hydrogen) atoms. The molecule has 0 aliphatic carbocycles. The highest BCUT2D eigenvalue weighted by Gasteiger charge is 2.10. The van der Waals surface area contributed by atoms with E-state index in [0.717, 1.165) is 47.4 Å². The number of hydrogen-bond acceptors (Lipinski definition) is 6. The van der Waals surface area contributed by atoms with Crippen LogP contribution >= 0.6 is 0 Å². The zero-order chi connectivity index (χ0) is 14.5. The standard InChI is InChI=1S/C14H21N5O/c1-5-12-17-13(15-6-2)10(4)14(18-12)16-8-11-7-9(3)20-19-11/h7H,5-6,8H2,1-4H3,(H2,15,16,17,18). The van der Waals surface area contributed by atoms with Gasteiger partial charge in [0.15, 0.2) is 0 Å². The molecule has 2 aromatic heterocycles. The van der Waals surface area contributed by atoms with Gasteiger partial charge in [0.25, 0.3) is 0 Å². The first-order valence-electron chi connectivity index (χ1n) is 6.91. The first-order chi connectivity index (χ1) is 9.63. The maximum atomic E-state index is 5.06. The van der Waals surface area contributed by atoms with Crippen molar-refractivity contribution in [1.82, 2.24) is 15.1 Å². The maximum Gasteiger partial charge on any atom is 0.135 e. The van der Waals surface area contributed by atoms with Gasteiger partial charge in [-0.1, -0.05) is 12.1 Å². The third-order valence-corrected chi connectivity index (χ3v) is 2.97. The Labute approximate surface area is 119 Å². The van der Waals surface area contributed by atoms with Gasteiger partial charge in [-0.15, -0.1) is 0 Å². The van der Waals surface area contributed by atoms with E-state index in [2.05, 4.69) is 32.7 Å². The lowest BCUT2D eigenvalue weighted by Gasteiger charge is -2.13. The number of nitrogens with zero attached hydrogens (tertiary/aromatic N) is 3. The minimum absolute atomic E-state index is 0.587. The van der Waals surface area contributed by atoms with Crippen LogP contribution in [-0.4, -0.2) is 21.7 Å². The largest absolute Gasteiger partial charge is 0.370 e. The van der Waals surface area contributed by atoms with Crippen LogP contribution in [-0.2, 0) is 13.0 Å². The summed E-state index contributed by atoms with van der Waals surface area (Å²) in [5.74, 6) is 3.36. The fraction of sp³-hybridized carbons (Fsp3) is 0.500. The van der Waals surface area contributed by atoms with E-state index in [1.54, 1.807) is 0 Å². The third kappa shape index (κ3) is 3.26. The predicted molar refractivity (Wildman–Crippen MR) is 78.9 cm³/mol. The van der Waals surface area contributed by atoms with E-state index in [0.29, 0.717) is 6.54 Å². The first-order valence-corrected chi connectivity index (χ1v) is 6.91. The van der Waals surface area contributed by atoms with Crippen molar-refractivity contribution in [2.75, 3.05) is 17.2 Å². The van der Waals surface area contributed by atoms with Crippen LogP contribution in [0.5, 0.6) is 0 Å². The quantitative estimate of drug-likeness (QED) is 0.844. The van der Waals surface area contributed by atoms with Gasteiger partial charge in [0, 0.05) is 24.6 Å². The molecule has 0 saturated carbocycles. The molecule has 0 radical (unpaired) electrons. The molecule has 0 aliphatic rings. The molecule has 0 spiro atoms. The van der Waals surface area contributed by atoms with Gasteiger partial charge in [-0.05, 0) is 20.8 Å². The van der Waals surface area contributed by atoms with E-state index in [-0.39, 0.29) is 0 Å². The number of hydrogen-bond donors (Lipinski definition) is 2. The number of anilines is 2. The number of aryl methyl sites for hydroxylation is 2. The summed E-state index contributed by atoms with van der Waals surface area (Å²) < 4.78 is 5.06. The van der Waals surface area contributed by atoms with E-state index >= 15 is 0 Å². The average Bonchev–Trinajstić information content (AvgIpc) is 2.85. The molecule has 108 valence electrons. The van der Waals surface area contributed by atoms with Crippen molar-refractivity contribution < 1.29 is 4.52 Å². The summed E-state index contributed by atoms with van der Waals surface area (Å²) in [6, 6.07) is 1.91. The molecule has 0 aliphatic heterocycles. The van der Waals surface area contributed by atoms with Gasteiger partial charge in [0.2, 0.25) is 0 Å². The van der Waals surface area contributed by atoms with E-state index in [4.69, 9.17) is 4.52 Å². The topological polar surface area (TPSA) is 75.9 Å². The summed E-state index contributed by atoms with van der Waals surface area (Å²) in [6.45, 7) is 9.41. The first kappa shape index (κ1) is 14.3. The third-order valence-electron chi connectivity index (χ3n) is 2.97. The molecule has 0 atom stereocenters. The van der Waals surface area contributed by atoms with Gasteiger partial charge in [-0.25, -0.2) is 9.97 Å². The Kier molecular flexibility index (Phi) is 4.55. The summed E-state index contributed by atoms with van der Waals surface area (Å²) in [6.07, 6.45) is 0.802. The van der Waals surface area contributed by atoms with Crippen LogP contribution in [0.4, 0.5) is 11.6 Å². The van der Waals surface area contributed by atoms with Crippen LogP contribution < -0.4 is 10.6 Å². The lowest BCUT2D eigenvalue weighted by atomic mass is 10.2. The Bertz CT molecular complexity index is 579. The molecule has 0 amide bonds. The molecule has 2 rings (SSSR count). The van der Waals surface area contributed by atoms with Crippen molar-refractivity contribution in [3.63, 3.8) is 0 Å². The summed E-state index contributed by atoms with van der Waals surface area (Å²) in [7, 11) is 0. The van der Waals surface area contributed by atoms with Crippen molar-refractivity contribution in [3.8, 4) is 0 Å². The molecular formula is C14H21N5O. The molecule has 2 aromatic rings. The Morgan fingerprint density at radius 1 is 1.10 bits per heavy atom. The average molecular weight is 275 g/mol. The molecular weight excluding hydrogens is 254 g/mol. The van der Waals surface area contributed by atoms with Crippen LogP contribution in [0.15, 0.2) is 10.6 Å². The van der Waals surface area contributed by atoms with Crippen LogP contribution in [0.1, 0.15) is 36.7 Å². The summed E-state index contributed by atoms with van der Waals surface area (Å²) in [4.78, 5) is 9.04. The van der Waals surface area contributed by atoms with Gasteiger partial charge in [0.05, 0.1) is 6.54 Å². The Morgan fingerprint density at radius 2 is 1.80 bits per heavy atom. The Balaban J connectivity index is 2.19. The molecule has 6 nitrogen and oxygen atoms in total. The van der Waals surface area contributed by atoms with E-state index < -0.39 is 0 Å². The molecule has 2 heterocycles. The monoisotopic (exact) mass is 275 g/mol. The highest BCUT2D eigenvalue weighted by Crippen LogP contribution is 2.20. The molecule has 2 N–H and O–H groups in total. The maximum absolute atomic E-state index is 5.06. The van der Waals surface area contributed by atoms with Crippen LogP contribution in [0.25, 0.3) is 0 Å². The smallest absolute Gasteiger partial charge is 0.135 e. The van der Waals surface area contributed by atoms with E-state index in [1.165, 1.54) is 0 Å². The van der Waals surface area contributed by atoms with E-state index in [1.807, 2.05) is 26.8 Å². The summed E-state index contributed by atoms with van der Waals surface area (Å²) >= 11 is 0. The lowest BCUT2D eigenvalue weighted by molar-refractivity contribution is 0.391. The van der Waals surface area contributed by atoms with Crippen molar-refractivity contribution >= 4 is 11.6 Å². The number of rotatable bonds is 6. The lowest BCUT2D eigenvalue weighted by Crippen LogP contribution is -2.11. The summed E-state index contributed by atoms with van der Waals surface area (Å²) in [5, 5.41) is 10.5. The highest BCUT2D eigenvalue weighted by molar-refractivity contribution is 5.57. The van der Waals surface area contributed by atoms with Crippen molar-refractivity contribution in [2.24, 2.45) is 0 Å². The minimum Gasteiger partial charge on any atom is -0.370 e. The molecule has 0 fully saturated rings. The van der Waals surface area contributed by atoms with Crippen LogP contribution in [0, 0.1) is 13.8 Å². The van der Waals surface area contributed by atoms with Crippen molar-refractivity contribution in [3.05, 3.63) is 28.9 Å². The minimum atomic E-state index is 0.587. The van der Waals surface area contributed by atoms with Crippen molar-refractivity contribution in [2.45, 2.75) is 40.7 Å². The number of nitrogens with one attached hydrogen (secondary N) is 2. The van der Waals surface area contributed by atoms with Crippen LogP contribution in [0.3, 0.4) is 0 Å². The molecule has 0 aromatic carbocycles. The second-order valence-electron chi connectivity index (χ2n) is 4.63. The zero-order valence-corrected chi connectivity index (χ0v) is 12.4. The molecule has 0 saturated heterocycles. The van der Waals surface area contributed by atoms with E-state index in [9.17, 15) is 0 Å². The fourth-order valence-corrected chi connectivity index (χ4v) is 1.91. The van der Waals surface area contributed by atoms with Gasteiger partial charge < -0.3 is 15.2 Å². The summed E-state index contributed by atoms with van der Waals surface area (Å²) in [5.41, 5.74) is 1.88. The van der Waals surface area contributed by atoms with Gasteiger partial charge in [0.1, 0.15) is 28.9 Å². The second-order valence-corrected chi connectivity index (χ2v) is 4.63. The predicted octanol–water partition coefficient (Wildman–Crippen LogP) is 2.69. The highest BCUT2D eigenvalue weighted by atomic mass is 16.5. The normalized spacial score (nSPS) is 10.6.